The average molecular weight is 211 g/mol. The molecule has 84 valence electrons. The maximum Gasteiger partial charge on any atom is 0.187 e. The second-order valence-electron chi connectivity index (χ2n) is 3.53. The third-order valence-electron chi connectivity index (χ3n) is 2.41. The molecule has 5 heteroatoms. The largest absolute Gasteiger partial charge is 0.493 e. The predicted molar refractivity (Wildman–Crippen MR) is 56.9 cm³/mol. The lowest BCUT2D eigenvalue weighted by atomic mass is 10.00. The van der Waals surface area contributed by atoms with Crippen LogP contribution in [-0.4, -0.2) is 29.2 Å². The molecule has 1 atom stereocenters. The number of carbonyl (C=O) groups is 1. The van der Waals surface area contributed by atoms with E-state index in [1.807, 2.05) is 6.92 Å². The standard InChI is InChI=1S/C10H17N3O2/c1-7(4-5-11)10(14)9-8(15-3)6-12-13(9)2/h6-7H,4-5,11H2,1-3H3. The van der Waals surface area contributed by atoms with Crippen LogP contribution in [0.15, 0.2) is 6.20 Å². The van der Waals surface area contributed by atoms with Gasteiger partial charge in [-0.15, -0.1) is 0 Å². The number of hydrogen-bond donors (Lipinski definition) is 1. The maximum absolute atomic E-state index is 12.0. The minimum absolute atomic E-state index is 0.0253. The van der Waals surface area contributed by atoms with Crippen LogP contribution < -0.4 is 10.5 Å². The van der Waals surface area contributed by atoms with E-state index in [-0.39, 0.29) is 11.7 Å². The zero-order chi connectivity index (χ0) is 11.4. The highest BCUT2D eigenvalue weighted by Gasteiger charge is 2.22. The molecule has 0 saturated heterocycles. The van der Waals surface area contributed by atoms with Gasteiger partial charge in [0, 0.05) is 13.0 Å². The summed E-state index contributed by atoms with van der Waals surface area (Å²) < 4.78 is 6.62. The van der Waals surface area contributed by atoms with Crippen LogP contribution in [-0.2, 0) is 7.05 Å². The molecule has 0 aliphatic carbocycles. The molecule has 0 amide bonds. The summed E-state index contributed by atoms with van der Waals surface area (Å²) in [4.78, 5) is 12.0. The number of aryl methyl sites for hydroxylation is 1. The van der Waals surface area contributed by atoms with Crippen LogP contribution in [0, 0.1) is 5.92 Å². The number of ketones is 1. The quantitative estimate of drug-likeness (QED) is 0.724. The van der Waals surface area contributed by atoms with E-state index in [0.29, 0.717) is 24.4 Å². The van der Waals surface area contributed by atoms with E-state index >= 15 is 0 Å². The van der Waals surface area contributed by atoms with E-state index < -0.39 is 0 Å². The maximum atomic E-state index is 12.0. The van der Waals surface area contributed by atoms with Crippen molar-refractivity contribution >= 4 is 5.78 Å². The van der Waals surface area contributed by atoms with Gasteiger partial charge in [0.15, 0.2) is 11.5 Å². The number of nitrogens with zero attached hydrogens (tertiary/aromatic N) is 2. The molecule has 0 saturated carbocycles. The summed E-state index contributed by atoms with van der Waals surface area (Å²) in [5.74, 6) is 0.447. The van der Waals surface area contributed by atoms with E-state index in [2.05, 4.69) is 5.10 Å². The molecule has 1 rings (SSSR count). The van der Waals surface area contributed by atoms with Crippen molar-refractivity contribution in [3.63, 3.8) is 0 Å². The van der Waals surface area contributed by atoms with Crippen molar-refractivity contribution in [2.75, 3.05) is 13.7 Å². The van der Waals surface area contributed by atoms with E-state index in [4.69, 9.17) is 10.5 Å². The normalized spacial score (nSPS) is 12.5. The van der Waals surface area contributed by atoms with Crippen molar-refractivity contribution in [3.8, 4) is 5.75 Å². The molecule has 0 spiro atoms. The van der Waals surface area contributed by atoms with Crippen molar-refractivity contribution < 1.29 is 9.53 Å². The lowest BCUT2D eigenvalue weighted by Gasteiger charge is -2.10. The fourth-order valence-corrected chi connectivity index (χ4v) is 1.46. The summed E-state index contributed by atoms with van der Waals surface area (Å²) in [6.45, 7) is 2.37. The van der Waals surface area contributed by atoms with Crippen molar-refractivity contribution in [1.82, 2.24) is 9.78 Å². The van der Waals surface area contributed by atoms with E-state index in [9.17, 15) is 4.79 Å². The number of Topliss-reactive ketones (excluding diaryl/α,β-unsaturated/α-hetero) is 1. The molecular formula is C10H17N3O2. The summed E-state index contributed by atoms with van der Waals surface area (Å²) in [5, 5.41) is 3.99. The first-order chi connectivity index (χ1) is 7.11. The molecular weight excluding hydrogens is 194 g/mol. The second-order valence-corrected chi connectivity index (χ2v) is 3.53. The first-order valence-electron chi connectivity index (χ1n) is 4.92. The van der Waals surface area contributed by atoms with Gasteiger partial charge in [0.25, 0.3) is 0 Å². The second kappa shape index (κ2) is 4.93. The minimum Gasteiger partial charge on any atom is -0.493 e. The zero-order valence-electron chi connectivity index (χ0n) is 9.36. The molecule has 1 aromatic heterocycles. The molecule has 1 unspecified atom stereocenters. The zero-order valence-corrected chi connectivity index (χ0v) is 9.36. The first kappa shape index (κ1) is 11.7. The van der Waals surface area contributed by atoms with Gasteiger partial charge in [-0.3, -0.25) is 9.48 Å². The van der Waals surface area contributed by atoms with Gasteiger partial charge in [-0.1, -0.05) is 6.92 Å². The van der Waals surface area contributed by atoms with Crippen LogP contribution in [0.2, 0.25) is 0 Å². The molecule has 15 heavy (non-hydrogen) atoms. The Kier molecular flexibility index (Phi) is 3.85. The Bertz CT molecular complexity index is 346. The summed E-state index contributed by atoms with van der Waals surface area (Å²) in [6, 6.07) is 0. The van der Waals surface area contributed by atoms with Gasteiger partial charge in [0.05, 0.1) is 13.3 Å². The summed E-state index contributed by atoms with van der Waals surface area (Å²) in [7, 11) is 3.26. The number of rotatable bonds is 5. The SMILES string of the molecule is COc1cnn(C)c1C(=O)C(C)CCN. The lowest BCUT2D eigenvalue weighted by molar-refractivity contribution is 0.0912. The van der Waals surface area contributed by atoms with E-state index in [1.165, 1.54) is 11.8 Å². The van der Waals surface area contributed by atoms with Crippen LogP contribution in [0.25, 0.3) is 0 Å². The molecule has 1 heterocycles. The van der Waals surface area contributed by atoms with Gasteiger partial charge in [-0.2, -0.15) is 5.10 Å². The van der Waals surface area contributed by atoms with E-state index in [1.54, 1.807) is 13.2 Å². The van der Waals surface area contributed by atoms with E-state index in [0.717, 1.165) is 0 Å². The lowest BCUT2D eigenvalue weighted by Crippen LogP contribution is -2.19. The molecule has 2 N–H and O–H groups in total. The van der Waals surface area contributed by atoms with Gasteiger partial charge < -0.3 is 10.5 Å². The minimum atomic E-state index is -0.0979. The molecule has 0 aliphatic rings. The number of carbonyl (C=O) groups excluding carboxylic acids is 1. The summed E-state index contributed by atoms with van der Waals surface area (Å²) in [6.07, 6.45) is 2.22. The monoisotopic (exact) mass is 211 g/mol. The highest BCUT2D eigenvalue weighted by atomic mass is 16.5. The Morgan fingerprint density at radius 3 is 2.93 bits per heavy atom. The van der Waals surface area contributed by atoms with Crippen LogP contribution in [0.1, 0.15) is 23.8 Å². The van der Waals surface area contributed by atoms with Crippen molar-refractivity contribution in [1.29, 1.82) is 0 Å². The summed E-state index contributed by atoms with van der Waals surface area (Å²) in [5.41, 5.74) is 5.94. The smallest absolute Gasteiger partial charge is 0.187 e. The molecule has 5 nitrogen and oxygen atoms in total. The molecule has 0 fully saturated rings. The highest BCUT2D eigenvalue weighted by Crippen LogP contribution is 2.21. The fraction of sp³-hybridized carbons (Fsp3) is 0.600. The van der Waals surface area contributed by atoms with Crippen LogP contribution in [0.4, 0.5) is 0 Å². The molecule has 0 radical (unpaired) electrons. The Labute approximate surface area is 89.2 Å². The van der Waals surface area contributed by atoms with Crippen molar-refractivity contribution in [2.24, 2.45) is 18.7 Å². The van der Waals surface area contributed by atoms with Gasteiger partial charge in [0.1, 0.15) is 5.69 Å². The number of hydrogen-bond acceptors (Lipinski definition) is 4. The molecule has 0 bridgehead atoms. The average Bonchev–Trinajstić information content (AvgIpc) is 2.58. The Hall–Kier alpha value is -1.36. The Balaban J connectivity index is 2.94. The Morgan fingerprint density at radius 2 is 2.40 bits per heavy atom. The third kappa shape index (κ3) is 2.36. The van der Waals surface area contributed by atoms with Crippen molar-refractivity contribution in [2.45, 2.75) is 13.3 Å². The van der Waals surface area contributed by atoms with Gasteiger partial charge in [-0.25, -0.2) is 0 Å². The summed E-state index contributed by atoms with van der Waals surface area (Å²) >= 11 is 0. The topological polar surface area (TPSA) is 70.1 Å². The first-order valence-corrected chi connectivity index (χ1v) is 4.92. The predicted octanol–water partition coefficient (Wildman–Crippen LogP) is 0.596. The van der Waals surface area contributed by atoms with Gasteiger partial charge in [-0.05, 0) is 13.0 Å². The number of aromatic nitrogens is 2. The van der Waals surface area contributed by atoms with Crippen LogP contribution in [0.3, 0.4) is 0 Å². The molecule has 0 aliphatic heterocycles. The van der Waals surface area contributed by atoms with Crippen LogP contribution in [0.5, 0.6) is 5.75 Å². The number of methoxy groups -OCH3 is 1. The van der Waals surface area contributed by atoms with Gasteiger partial charge in [0.2, 0.25) is 0 Å². The molecule has 1 aromatic rings. The van der Waals surface area contributed by atoms with Gasteiger partial charge >= 0.3 is 0 Å². The Morgan fingerprint density at radius 1 is 1.73 bits per heavy atom. The highest BCUT2D eigenvalue weighted by molar-refractivity contribution is 5.98. The van der Waals surface area contributed by atoms with Crippen LogP contribution >= 0.6 is 0 Å². The number of nitrogens with two attached hydrogens (primary N) is 1. The number of ether oxygens (including phenoxy) is 1. The molecule has 0 aromatic carbocycles. The fourth-order valence-electron chi connectivity index (χ4n) is 1.46. The third-order valence-corrected chi connectivity index (χ3v) is 2.41. The van der Waals surface area contributed by atoms with Crippen molar-refractivity contribution in [3.05, 3.63) is 11.9 Å².